The lowest BCUT2D eigenvalue weighted by atomic mass is 10.2. The smallest absolute Gasteiger partial charge is 0.303 e. The van der Waals surface area contributed by atoms with Crippen LogP contribution in [0.2, 0.25) is 0 Å². The summed E-state index contributed by atoms with van der Waals surface area (Å²) in [7, 11) is 0. The number of hydrogen-bond acceptors (Lipinski definition) is 2. The summed E-state index contributed by atoms with van der Waals surface area (Å²) in [6.07, 6.45) is 29.2. The van der Waals surface area contributed by atoms with E-state index in [4.69, 9.17) is 5.11 Å². The summed E-state index contributed by atoms with van der Waals surface area (Å²) in [6, 6.07) is 0. The van der Waals surface area contributed by atoms with E-state index in [9.17, 15) is 9.90 Å². The van der Waals surface area contributed by atoms with Crippen LogP contribution in [-0.4, -0.2) is 22.3 Å². The maximum atomic E-state index is 10.3. The van der Waals surface area contributed by atoms with Crippen molar-refractivity contribution >= 4 is 5.97 Å². The van der Waals surface area contributed by atoms with Gasteiger partial charge in [-0.2, -0.15) is 0 Å². The van der Waals surface area contributed by atoms with Crippen LogP contribution in [0.25, 0.3) is 0 Å². The third-order valence-electron chi connectivity index (χ3n) is 3.28. The fourth-order valence-corrected chi connectivity index (χ4v) is 1.80. The normalized spacial score (nSPS) is 14.3. The van der Waals surface area contributed by atoms with E-state index in [1.807, 2.05) is 31.2 Å². The molecule has 0 rings (SSSR count). The Bertz CT molecular complexity index is 493. The Hall–Kier alpha value is -2.13. The molecule has 2 N–H and O–H groups in total. The minimum Gasteiger partial charge on any atom is -0.481 e. The van der Waals surface area contributed by atoms with Crippen molar-refractivity contribution in [3.63, 3.8) is 0 Å². The molecule has 25 heavy (non-hydrogen) atoms. The maximum Gasteiger partial charge on any atom is 0.303 e. The molecular weight excluding hydrogens is 312 g/mol. The van der Waals surface area contributed by atoms with Gasteiger partial charge in [0, 0.05) is 6.42 Å². The van der Waals surface area contributed by atoms with Gasteiger partial charge in [-0.1, -0.05) is 79.8 Å². The second-order valence-electron chi connectivity index (χ2n) is 5.55. The van der Waals surface area contributed by atoms with Crippen LogP contribution in [0.5, 0.6) is 0 Å². The number of hydrogen-bond donors (Lipinski definition) is 2. The molecule has 0 aromatic carbocycles. The second kappa shape index (κ2) is 18.2. The van der Waals surface area contributed by atoms with Gasteiger partial charge in [0.25, 0.3) is 0 Å². The molecule has 0 saturated carbocycles. The number of aliphatic carboxylic acids is 1. The third kappa shape index (κ3) is 19.8. The Kier molecular flexibility index (Phi) is 16.7. The van der Waals surface area contributed by atoms with Crippen molar-refractivity contribution in [1.82, 2.24) is 0 Å². The van der Waals surface area contributed by atoms with Gasteiger partial charge < -0.3 is 10.2 Å². The Labute approximate surface area is 152 Å². The summed E-state index contributed by atoms with van der Waals surface area (Å²) in [6.45, 7) is 1.95. The minimum absolute atomic E-state index is 0.199. The first-order chi connectivity index (χ1) is 12.2. The maximum absolute atomic E-state index is 10.3. The van der Waals surface area contributed by atoms with Crippen LogP contribution < -0.4 is 0 Å². The minimum atomic E-state index is -0.751. The average Bonchev–Trinajstić information content (AvgIpc) is 2.60. The predicted octanol–water partition coefficient (Wildman–Crippen LogP) is 5.52. The van der Waals surface area contributed by atoms with Gasteiger partial charge in [0.1, 0.15) is 0 Å². The lowest BCUT2D eigenvalue weighted by molar-refractivity contribution is -0.136. The first-order valence-corrected chi connectivity index (χ1v) is 9.00. The van der Waals surface area contributed by atoms with Gasteiger partial charge in [-0.15, -0.1) is 0 Å². The predicted molar refractivity (Wildman–Crippen MR) is 106 cm³/mol. The molecule has 0 spiro atoms. The molecule has 0 aliphatic rings. The number of carbonyl (C=O) groups is 1. The summed E-state index contributed by atoms with van der Waals surface area (Å²) in [4.78, 5) is 10.3. The van der Waals surface area contributed by atoms with E-state index in [2.05, 4.69) is 42.5 Å². The van der Waals surface area contributed by atoms with Crippen molar-refractivity contribution in [1.29, 1.82) is 0 Å². The highest BCUT2D eigenvalue weighted by atomic mass is 16.4. The SMILES string of the molecule is CC[C@H](O)/C=C/C=C/C/C=C/C/C=C/C/C=C/C/C=C\CCC(=O)O. The highest BCUT2D eigenvalue weighted by molar-refractivity contribution is 5.66. The molecular formula is C22H32O3. The third-order valence-corrected chi connectivity index (χ3v) is 3.28. The fraction of sp³-hybridized carbons (Fsp3) is 0.409. The van der Waals surface area contributed by atoms with Gasteiger partial charge in [-0.3, -0.25) is 4.79 Å². The van der Waals surface area contributed by atoms with E-state index in [-0.39, 0.29) is 12.5 Å². The fourth-order valence-electron chi connectivity index (χ4n) is 1.80. The number of carboxylic acid groups (broad SMARTS) is 1. The molecule has 0 heterocycles. The van der Waals surface area contributed by atoms with Crippen LogP contribution in [0.3, 0.4) is 0 Å². The monoisotopic (exact) mass is 344 g/mol. The van der Waals surface area contributed by atoms with Crippen molar-refractivity contribution < 1.29 is 15.0 Å². The first kappa shape index (κ1) is 22.9. The topological polar surface area (TPSA) is 57.5 Å². The number of aliphatic hydroxyl groups excluding tert-OH is 1. The highest BCUT2D eigenvalue weighted by Crippen LogP contribution is 1.97. The van der Waals surface area contributed by atoms with Crippen molar-refractivity contribution in [2.75, 3.05) is 0 Å². The van der Waals surface area contributed by atoms with Crippen LogP contribution in [0.4, 0.5) is 0 Å². The lowest BCUT2D eigenvalue weighted by Crippen LogP contribution is -1.97. The molecule has 0 aliphatic carbocycles. The van der Waals surface area contributed by atoms with Crippen LogP contribution in [-0.2, 0) is 4.79 Å². The molecule has 0 aliphatic heterocycles. The molecule has 0 saturated heterocycles. The quantitative estimate of drug-likeness (QED) is 0.322. The molecule has 138 valence electrons. The number of carboxylic acids is 1. The van der Waals surface area contributed by atoms with Crippen molar-refractivity contribution in [2.24, 2.45) is 0 Å². The molecule has 0 fully saturated rings. The lowest BCUT2D eigenvalue weighted by Gasteiger charge is -1.95. The number of aliphatic hydroxyl groups is 1. The largest absolute Gasteiger partial charge is 0.481 e. The Morgan fingerprint density at radius 3 is 1.76 bits per heavy atom. The standard InChI is InChI=1S/C22H32O3/c1-2-21(23)19-17-15-13-11-9-7-5-3-4-6-8-10-12-14-16-18-20-22(24)25/h3-4,7-10,13-17,19,21,23H,2,5-6,11-12,18,20H2,1H3,(H,24,25)/b4-3+,9-7+,10-8+,15-13+,16-14-,19-17+/t21-/m0/s1. The number of rotatable bonds is 14. The second-order valence-corrected chi connectivity index (χ2v) is 5.55. The summed E-state index contributed by atoms with van der Waals surface area (Å²) >= 11 is 0. The Balaban J connectivity index is 3.59. The van der Waals surface area contributed by atoms with E-state index in [0.717, 1.165) is 32.1 Å². The summed E-state index contributed by atoms with van der Waals surface area (Å²) in [5.74, 6) is -0.751. The molecule has 0 amide bonds. The van der Waals surface area contributed by atoms with Gasteiger partial charge in [-0.05, 0) is 38.5 Å². The van der Waals surface area contributed by atoms with E-state index in [1.165, 1.54) is 0 Å². The first-order valence-electron chi connectivity index (χ1n) is 9.00. The van der Waals surface area contributed by atoms with Crippen LogP contribution >= 0.6 is 0 Å². The molecule has 3 heteroatoms. The van der Waals surface area contributed by atoms with Crippen LogP contribution in [0, 0.1) is 0 Å². The molecule has 0 bridgehead atoms. The van der Waals surface area contributed by atoms with Crippen molar-refractivity contribution in [3.8, 4) is 0 Å². The van der Waals surface area contributed by atoms with Crippen LogP contribution in [0.15, 0.2) is 72.9 Å². The van der Waals surface area contributed by atoms with Gasteiger partial charge >= 0.3 is 5.97 Å². The van der Waals surface area contributed by atoms with Gasteiger partial charge in [0.2, 0.25) is 0 Å². The van der Waals surface area contributed by atoms with E-state index < -0.39 is 5.97 Å². The highest BCUT2D eigenvalue weighted by Gasteiger charge is 1.90. The summed E-state index contributed by atoms with van der Waals surface area (Å²) in [5.41, 5.74) is 0. The van der Waals surface area contributed by atoms with Gasteiger partial charge in [-0.25, -0.2) is 0 Å². The summed E-state index contributed by atoms with van der Waals surface area (Å²) < 4.78 is 0. The molecule has 0 unspecified atom stereocenters. The molecule has 0 radical (unpaired) electrons. The van der Waals surface area contributed by atoms with Gasteiger partial charge in [0.15, 0.2) is 0 Å². The average molecular weight is 344 g/mol. The molecule has 0 aromatic heterocycles. The zero-order valence-electron chi connectivity index (χ0n) is 15.3. The summed E-state index contributed by atoms with van der Waals surface area (Å²) in [5, 5.41) is 17.8. The number of allylic oxidation sites excluding steroid dienone is 11. The Morgan fingerprint density at radius 1 is 0.800 bits per heavy atom. The Morgan fingerprint density at radius 2 is 1.28 bits per heavy atom. The molecule has 1 atom stereocenters. The van der Waals surface area contributed by atoms with E-state index in [0.29, 0.717) is 6.42 Å². The molecule has 0 aromatic rings. The van der Waals surface area contributed by atoms with Crippen molar-refractivity contribution in [2.45, 2.75) is 58.0 Å². The van der Waals surface area contributed by atoms with E-state index >= 15 is 0 Å². The molecule has 3 nitrogen and oxygen atoms in total. The van der Waals surface area contributed by atoms with E-state index in [1.54, 1.807) is 6.08 Å². The van der Waals surface area contributed by atoms with Gasteiger partial charge in [0.05, 0.1) is 6.10 Å². The zero-order chi connectivity index (χ0) is 18.6. The zero-order valence-corrected chi connectivity index (χ0v) is 15.3. The van der Waals surface area contributed by atoms with Crippen LogP contribution in [0.1, 0.15) is 51.9 Å². The van der Waals surface area contributed by atoms with Crippen molar-refractivity contribution in [3.05, 3.63) is 72.9 Å².